The molecular weight excluding hydrogens is 188 g/mol. The van der Waals surface area contributed by atoms with Gasteiger partial charge in [0.25, 0.3) is 0 Å². The van der Waals surface area contributed by atoms with Crippen LogP contribution in [0.5, 0.6) is 5.88 Å². The Bertz CT molecular complexity index is 481. The number of pyridine rings is 1. The maximum atomic E-state index is 8.74. The predicted molar refractivity (Wildman–Crippen MR) is 55.2 cm³/mol. The van der Waals surface area contributed by atoms with Gasteiger partial charge >= 0.3 is 0 Å². The van der Waals surface area contributed by atoms with Crippen LogP contribution in [0.3, 0.4) is 0 Å². The van der Waals surface area contributed by atoms with Gasteiger partial charge in [0.1, 0.15) is 11.7 Å². The minimum absolute atomic E-state index is 0.0891. The first-order chi connectivity index (χ1) is 7.31. The summed E-state index contributed by atoms with van der Waals surface area (Å²) in [5.41, 5.74) is 1.40. The van der Waals surface area contributed by atoms with E-state index in [2.05, 4.69) is 17.1 Å². The summed E-state index contributed by atoms with van der Waals surface area (Å²) in [6.45, 7) is 0. The zero-order chi connectivity index (χ0) is 10.3. The molecule has 1 aliphatic heterocycles. The molecule has 3 nitrogen and oxygen atoms in total. The van der Waals surface area contributed by atoms with E-state index in [1.165, 1.54) is 6.42 Å². The summed E-state index contributed by atoms with van der Waals surface area (Å²) in [7, 11) is 0. The third-order valence-electron chi connectivity index (χ3n) is 3.07. The van der Waals surface area contributed by atoms with Crippen molar-refractivity contribution in [1.29, 1.82) is 5.26 Å². The normalized spacial score (nSPS) is 19.9. The Morgan fingerprint density at radius 1 is 1.47 bits per heavy atom. The largest absolute Gasteiger partial charge is 0.466 e. The van der Waals surface area contributed by atoms with Gasteiger partial charge in [-0.1, -0.05) is 0 Å². The minimum Gasteiger partial charge on any atom is -0.466 e. The van der Waals surface area contributed by atoms with E-state index in [-0.39, 0.29) is 5.60 Å². The average molecular weight is 198 g/mol. The van der Waals surface area contributed by atoms with Crippen molar-refractivity contribution < 1.29 is 4.74 Å². The smallest absolute Gasteiger partial charge is 0.221 e. The molecule has 0 amide bonds. The predicted octanol–water partition coefficient (Wildman–Crippen LogP) is 2.28. The topological polar surface area (TPSA) is 45.9 Å². The van der Waals surface area contributed by atoms with Crippen molar-refractivity contribution in [2.75, 3.05) is 0 Å². The monoisotopic (exact) mass is 198 g/mol. The molecule has 15 heavy (non-hydrogen) atoms. The van der Waals surface area contributed by atoms with Crippen molar-refractivity contribution in [2.45, 2.75) is 24.9 Å². The number of hydrogen-bond donors (Lipinski definition) is 0. The molecule has 0 atom stereocenters. The van der Waals surface area contributed by atoms with Crippen LogP contribution in [0.25, 0.3) is 6.08 Å². The third kappa shape index (κ3) is 1.22. The van der Waals surface area contributed by atoms with E-state index in [1.807, 2.05) is 12.1 Å². The Hall–Kier alpha value is -1.82. The summed E-state index contributed by atoms with van der Waals surface area (Å²) in [4.78, 5) is 4.17. The fourth-order valence-electron chi connectivity index (χ4n) is 2.00. The van der Waals surface area contributed by atoms with Crippen molar-refractivity contribution in [1.82, 2.24) is 4.98 Å². The lowest BCUT2D eigenvalue weighted by molar-refractivity contribution is 0.0337. The van der Waals surface area contributed by atoms with Crippen LogP contribution in [-0.2, 0) is 0 Å². The molecular formula is C12H10N2O. The summed E-state index contributed by atoms with van der Waals surface area (Å²) >= 11 is 0. The Kier molecular flexibility index (Phi) is 1.60. The zero-order valence-electron chi connectivity index (χ0n) is 8.23. The first-order valence-corrected chi connectivity index (χ1v) is 5.10. The molecule has 0 saturated heterocycles. The summed E-state index contributed by atoms with van der Waals surface area (Å²) in [5.74, 6) is 0.663. The van der Waals surface area contributed by atoms with Crippen LogP contribution in [-0.4, -0.2) is 10.6 Å². The van der Waals surface area contributed by atoms with Gasteiger partial charge in [-0.25, -0.2) is 4.98 Å². The van der Waals surface area contributed by atoms with Crippen LogP contribution in [0.4, 0.5) is 0 Å². The maximum absolute atomic E-state index is 8.74. The second-order valence-corrected chi connectivity index (χ2v) is 4.08. The average Bonchev–Trinajstić information content (AvgIpc) is 2.25. The fourth-order valence-corrected chi connectivity index (χ4v) is 2.00. The van der Waals surface area contributed by atoms with Crippen LogP contribution >= 0.6 is 0 Å². The number of rotatable bonds is 0. The van der Waals surface area contributed by atoms with Crippen molar-refractivity contribution in [3.8, 4) is 11.9 Å². The Morgan fingerprint density at radius 2 is 2.33 bits per heavy atom. The van der Waals surface area contributed by atoms with Crippen LogP contribution in [0, 0.1) is 11.3 Å². The highest BCUT2D eigenvalue weighted by Crippen LogP contribution is 2.41. The number of ether oxygens (including phenoxy) is 1. The molecule has 0 aromatic carbocycles. The molecule has 0 unspecified atom stereocenters. The molecule has 3 heteroatoms. The second-order valence-electron chi connectivity index (χ2n) is 4.08. The molecule has 0 N–H and O–H groups in total. The number of nitrogens with zero attached hydrogens (tertiary/aromatic N) is 2. The number of fused-ring (bicyclic) bond motifs is 1. The molecule has 74 valence electrons. The number of hydrogen-bond acceptors (Lipinski definition) is 3. The van der Waals surface area contributed by atoms with Gasteiger partial charge in [-0.3, -0.25) is 0 Å². The van der Waals surface area contributed by atoms with Crippen molar-refractivity contribution in [3.63, 3.8) is 0 Å². The molecule has 1 spiro atoms. The highest BCUT2D eigenvalue weighted by atomic mass is 16.5. The molecule has 1 saturated carbocycles. The highest BCUT2D eigenvalue weighted by Gasteiger charge is 2.39. The lowest BCUT2D eigenvalue weighted by Gasteiger charge is -2.41. The van der Waals surface area contributed by atoms with Gasteiger partial charge < -0.3 is 4.74 Å². The van der Waals surface area contributed by atoms with Gasteiger partial charge in [0.15, 0.2) is 0 Å². The van der Waals surface area contributed by atoms with Gasteiger partial charge in [-0.15, -0.1) is 0 Å². The Morgan fingerprint density at radius 3 is 3.00 bits per heavy atom. The fraction of sp³-hybridized carbons (Fsp3) is 0.333. The van der Waals surface area contributed by atoms with E-state index in [0.717, 1.165) is 18.4 Å². The quantitative estimate of drug-likeness (QED) is 0.642. The van der Waals surface area contributed by atoms with Crippen LogP contribution in [0.2, 0.25) is 0 Å². The summed E-state index contributed by atoms with van der Waals surface area (Å²) in [6.07, 6.45) is 9.04. The van der Waals surface area contributed by atoms with E-state index in [9.17, 15) is 0 Å². The molecule has 0 bridgehead atoms. The maximum Gasteiger partial charge on any atom is 0.221 e. The van der Waals surface area contributed by atoms with Crippen molar-refractivity contribution in [2.24, 2.45) is 0 Å². The first-order valence-electron chi connectivity index (χ1n) is 5.10. The molecule has 2 aliphatic rings. The van der Waals surface area contributed by atoms with Gasteiger partial charge in [-0.2, -0.15) is 5.26 Å². The van der Waals surface area contributed by atoms with E-state index in [1.54, 1.807) is 6.20 Å². The zero-order valence-corrected chi connectivity index (χ0v) is 8.23. The molecule has 2 heterocycles. The van der Waals surface area contributed by atoms with Gasteiger partial charge in [0.2, 0.25) is 5.88 Å². The Balaban J connectivity index is 2.01. The lowest BCUT2D eigenvalue weighted by atomic mass is 9.78. The standard InChI is InChI=1S/C12H10N2O/c13-7-9-6-10-2-5-12(3-1-4-12)15-11(10)14-8-9/h2,5-6,8H,1,3-4H2. The third-order valence-corrected chi connectivity index (χ3v) is 3.07. The molecule has 3 rings (SSSR count). The minimum atomic E-state index is -0.0891. The molecule has 1 aliphatic carbocycles. The lowest BCUT2D eigenvalue weighted by Crippen LogP contribution is -2.42. The van der Waals surface area contributed by atoms with E-state index in [4.69, 9.17) is 10.00 Å². The SMILES string of the molecule is N#Cc1cnc2c(c1)C=CC1(CCC1)O2. The second kappa shape index (κ2) is 2.83. The molecule has 1 fully saturated rings. The Labute approximate surface area is 88.0 Å². The van der Waals surface area contributed by atoms with Crippen molar-refractivity contribution >= 4 is 6.08 Å². The number of nitriles is 1. The molecule has 0 radical (unpaired) electrons. The summed E-state index contributed by atoms with van der Waals surface area (Å²) in [6, 6.07) is 3.88. The van der Waals surface area contributed by atoms with Crippen LogP contribution in [0.15, 0.2) is 18.3 Å². The molecule has 1 aromatic rings. The van der Waals surface area contributed by atoms with Crippen LogP contribution < -0.4 is 4.74 Å². The van der Waals surface area contributed by atoms with E-state index in [0.29, 0.717) is 11.4 Å². The molecule has 1 aromatic heterocycles. The van der Waals surface area contributed by atoms with Gasteiger partial charge in [0.05, 0.1) is 5.56 Å². The van der Waals surface area contributed by atoms with Gasteiger partial charge in [-0.05, 0) is 37.5 Å². The van der Waals surface area contributed by atoms with E-state index < -0.39 is 0 Å². The van der Waals surface area contributed by atoms with Gasteiger partial charge in [0, 0.05) is 11.8 Å². The van der Waals surface area contributed by atoms with E-state index >= 15 is 0 Å². The van der Waals surface area contributed by atoms with Crippen molar-refractivity contribution in [3.05, 3.63) is 29.5 Å². The number of aromatic nitrogens is 1. The summed E-state index contributed by atoms with van der Waals surface area (Å²) < 4.78 is 5.85. The summed E-state index contributed by atoms with van der Waals surface area (Å²) in [5, 5.41) is 8.74. The van der Waals surface area contributed by atoms with Crippen LogP contribution in [0.1, 0.15) is 30.4 Å². The first kappa shape index (κ1) is 8.49. The highest BCUT2D eigenvalue weighted by molar-refractivity contribution is 5.60.